The molecule has 3 nitrogen and oxygen atoms in total. The molecule has 118 valence electrons. The van der Waals surface area contributed by atoms with Crippen LogP contribution in [0.4, 0.5) is 8.78 Å². The van der Waals surface area contributed by atoms with Crippen LogP contribution < -0.4 is 5.56 Å². The molecule has 1 aromatic heterocycles. The molecule has 0 unspecified atom stereocenters. The lowest BCUT2D eigenvalue weighted by Gasteiger charge is -2.21. The monoisotopic (exact) mass is 336 g/mol. The third kappa shape index (κ3) is 5.79. The van der Waals surface area contributed by atoms with E-state index in [9.17, 15) is 13.6 Å². The largest absolute Gasteiger partial charge is 0.287 e. The van der Waals surface area contributed by atoms with Gasteiger partial charge in [0.05, 0.1) is 16.6 Å². The maximum Gasteiger partial charge on any atom is 0.287 e. The first kappa shape index (κ1) is 18.2. The number of nitrogens with zero attached hydrogens (tertiary/aromatic N) is 2. The average molecular weight is 337 g/mol. The summed E-state index contributed by atoms with van der Waals surface area (Å²) in [6, 6.07) is 0. The Labute approximate surface area is 132 Å². The predicted molar refractivity (Wildman–Crippen MR) is 83.4 cm³/mol. The van der Waals surface area contributed by atoms with Crippen LogP contribution in [-0.2, 0) is 5.54 Å². The fourth-order valence-corrected chi connectivity index (χ4v) is 2.83. The van der Waals surface area contributed by atoms with Crippen LogP contribution in [-0.4, -0.2) is 15.5 Å². The fraction of sp³-hybridized carbons (Fsp3) is 0.571. The van der Waals surface area contributed by atoms with Crippen molar-refractivity contribution in [1.29, 1.82) is 0 Å². The van der Waals surface area contributed by atoms with E-state index in [0.29, 0.717) is 23.5 Å². The molecular formula is C14H19ClF2N2OS. The lowest BCUT2D eigenvalue weighted by atomic mass is 10.1. The molecule has 0 saturated carbocycles. The van der Waals surface area contributed by atoms with Gasteiger partial charge < -0.3 is 0 Å². The van der Waals surface area contributed by atoms with Gasteiger partial charge in [-0.3, -0.25) is 4.79 Å². The van der Waals surface area contributed by atoms with Crippen LogP contribution in [0.5, 0.6) is 0 Å². The molecule has 0 fully saturated rings. The number of thioether (sulfide) groups is 1. The average Bonchev–Trinajstić information content (AvgIpc) is 2.36. The Hall–Kier alpha value is -0.880. The molecule has 0 radical (unpaired) electrons. The summed E-state index contributed by atoms with van der Waals surface area (Å²) in [4.78, 5) is 12.7. The Balaban J connectivity index is 2.60. The lowest BCUT2D eigenvalue weighted by Crippen LogP contribution is -2.36. The fourth-order valence-electron chi connectivity index (χ4n) is 1.64. The predicted octanol–water partition coefficient (Wildman–Crippen LogP) is 4.69. The summed E-state index contributed by atoms with van der Waals surface area (Å²) in [6.07, 6.45) is 2.67. The van der Waals surface area contributed by atoms with Gasteiger partial charge >= 0.3 is 0 Å². The Morgan fingerprint density at radius 1 is 1.43 bits per heavy atom. The van der Waals surface area contributed by atoms with Crippen LogP contribution in [0.15, 0.2) is 28.0 Å². The zero-order valence-corrected chi connectivity index (χ0v) is 13.9. The van der Waals surface area contributed by atoms with Gasteiger partial charge in [0.15, 0.2) is 0 Å². The number of rotatable bonds is 6. The molecule has 0 aliphatic rings. The Kier molecular flexibility index (Phi) is 6.87. The molecule has 0 aliphatic heterocycles. The molecule has 1 aromatic rings. The molecule has 1 heterocycles. The molecular weight excluding hydrogens is 318 g/mol. The quantitative estimate of drug-likeness (QED) is 0.558. The number of hydrogen-bond donors (Lipinski definition) is 0. The highest BCUT2D eigenvalue weighted by atomic mass is 35.5. The second-order valence-electron chi connectivity index (χ2n) is 5.55. The molecule has 0 saturated heterocycles. The van der Waals surface area contributed by atoms with Crippen LogP contribution >= 0.6 is 23.4 Å². The third-order valence-electron chi connectivity index (χ3n) is 2.68. The highest BCUT2D eigenvalue weighted by Crippen LogP contribution is 2.25. The molecule has 0 amide bonds. The second kappa shape index (κ2) is 7.94. The Morgan fingerprint density at radius 3 is 2.67 bits per heavy atom. The summed E-state index contributed by atoms with van der Waals surface area (Å²) in [5.41, 5.74) is -0.733. The van der Waals surface area contributed by atoms with E-state index in [0.717, 1.165) is 12.5 Å². The van der Waals surface area contributed by atoms with E-state index in [1.54, 1.807) is 6.20 Å². The molecule has 21 heavy (non-hydrogen) atoms. The van der Waals surface area contributed by atoms with Gasteiger partial charge in [-0.05, 0) is 51.9 Å². The summed E-state index contributed by atoms with van der Waals surface area (Å²) in [5.74, 6) is 0.710. The summed E-state index contributed by atoms with van der Waals surface area (Å²) in [6.45, 7) is 5.63. The van der Waals surface area contributed by atoms with E-state index in [2.05, 4.69) is 5.10 Å². The maximum absolute atomic E-state index is 12.1. The van der Waals surface area contributed by atoms with Crippen LogP contribution in [0, 0.1) is 0 Å². The first-order chi connectivity index (χ1) is 9.73. The second-order valence-corrected chi connectivity index (χ2v) is 7.06. The van der Waals surface area contributed by atoms with Crippen molar-refractivity contribution in [1.82, 2.24) is 9.78 Å². The van der Waals surface area contributed by atoms with Crippen molar-refractivity contribution < 1.29 is 8.78 Å². The normalized spacial score (nSPS) is 11.5. The van der Waals surface area contributed by atoms with Gasteiger partial charge in [0.25, 0.3) is 11.6 Å². The van der Waals surface area contributed by atoms with Crippen molar-refractivity contribution in [3.05, 3.63) is 33.7 Å². The highest BCUT2D eigenvalue weighted by molar-refractivity contribution is 7.99. The first-order valence-corrected chi connectivity index (χ1v) is 8.02. The minimum atomic E-state index is -1.64. The maximum atomic E-state index is 12.1. The number of allylic oxidation sites excluding steroid dienone is 1. The first-order valence-electron chi connectivity index (χ1n) is 6.65. The molecule has 0 aromatic carbocycles. The number of unbranched alkanes of at least 4 members (excludes halogenated alkanes) is 2. The van der Waals surface area contributed by atoms with Crippen molar-refractivity contribution in [3.63, 3.8) is 0 Å². The zero-order valence-electron chi connectivity index (χ0n) is 12.3. The molecule has 0 N–H and O–H groups in total. The van der Waals surface area contributed by atoms with Gasteiger partial charge in [0.2, 0.25) is 0 Å². The van der Waals surface area contributed by atoms with Gasteiger partial charge in [0.1, 0.15) is 5.02 Å². The van der Waals surface area contributed by atoms with Gasteiger partial charge in [-0.25, -0.2) is 4.68 Å². The van der Waals surface area contributed by atoms with Crippen molar-refractivity contribution in [3.8, 4) is 0 Å². The van der Waals surface area contributed by atoms with E-state index in [1.807, 2.05) is 20.8 Å². The Morgan fingerprint density at radius 2 is 2.10 bits per heavy atom. The smallest absolute Gasteiger partial charge is 0.266 e. The van der Waals surface area contributed by atoms with Crippen molar-refractivity contribution in [2.45, 2.75) is 50.5 Å². The van der Waals surface area contributed by atoms with E-state index >= 15 is 0 Å². The zero-order chi connectivity index (χ0) is 16.0. The van der Waals surface area contributed by atoms with Crippen molar-refractivity contribution in [2.24, 2.45) is 0 Å². The van der Waals surface area contributed by atoms with Crippen LogP contribution in [0.3, 0.4) is 0 Å². The van der Waals surface area contributed by atoms with Gasteiger partial charge in [-0.15, -0.1) is 11.8 Å². The van der Waals surface area contributed by atoms with E-state index in [4.69, 9.17) is 11.6 Å². The molecule has 0 atom stereocenters. The van der Waals surface area contributed by atoms with Gasteiger partial charge in [0, 0.05) is 0 Å². The molecule has 0 aliphatic carbocycles. The van der Waals surface area contributed by atoms with Crippen LogP contribution in [0.25, 0.3) is 0 Å². The van der Waals surface area contributed by atoms with Gasteiger partial charge in [-0.2, -0.15) is 13.9 Å². The van der Waals surface area contributed by atoms with Crippen LogP contribution in [0.1, 0.15) is 40.0 Å². The summed E-state index contributed by atoms with van der Waals surface area (Å²) < 4.78 is 25.0. The summed E-state index contributed by atoms with van der Waals surface area (Å²) in [7, 11) is 0. The number of hydrogen-bond acceptors (Lipinski definition) is 3. The van der Waals surface area contributed by atoms with E-state index < -0.39 is 11.6 Å². The van der Waals surface area contributed by atoms with E-state index in [1.165, 1.54) is 16.4 Å². The highest BCUT2D eigenvalue weighted by Gasteiger charge is 2.19. The summed E-state index contributed by atoms with van der Waals surface area (Å²) in [5, 5.41) is 4.31. The molecule has 0 bridgehead atoms. The number of halogens is 3. The molecule has 0 spiro atoms. The van der Waals surface area contributed by atoms with Crippen molar-refractivity contribution in [2.75, 3.05) is 5.75 Å². The SMILES string of the molecule is CC(C)(C)n1ncc(SCCCCC=C(F)F)c(Cl)c1=O. The van der Waals surface area contributed by atoms with E-state index in [-0.39, 0.29) is 10.6 Å². The topological polar surface area (TPSA) is 34.9 Å². The lowest BCUT2D eigenvalue weighted by molar-refractivity contribution is 0.336. The third-order valence-corrected chi connectivity index (χ3v) is 4.27. The van der Waals surface area contributed by atoms with Crippen molar-refractivity contribution >= 4 is 23.4 Å². The summed E-state index contributed by atoms with van der Waals surface area (Å²) >= 11 is 7.51. The Bertz CT molecular complexity index is 563. The molecule has 7 heteroatoms. The minimum Gasteiger partial charge on any atom is -0.266 e. The van der Waals surface area contributed by atoms with Crippen LogP contribution in [0.2, 0.25) is 5.02 Å². The standard InChI is InChI=1S/C14H19ClF2N2OS/c1-14(2,3)19-13(20)12(15)10(9-18-19)21-8-6-4-5-7-11(16)17/h7,9H,4-6,8H2,1-3H3. The van der Waals surface area contributed by atoms with Gasteiger partial charge in [-0.1, -0.05) is 11.6 Å². The minimum absolute atomic E-state index is 0.166. The number of aromatic nitrogens is 2. The molecule has 1 rings (SSSR count).